The lowest BCUT2D eigenvalue weighted by atomic mass is 9.98. The average Bonchev–Trinajstić information content (AvgIpc) is 3.03. The summed E-state index contributed by atoms with van der Waals surface area (Å²) in [5, 5.41) is 0. The lowest BCUT2D eigenvalue weighted by molar-refractivity contribution is 0.322. The molecule has 0 saturated carbocycles. The number of nitrogens with zero attached hydrogens (tertiary/aromatic N) is 2. The van der Waals surface area contributed by atoms with E-state index < -0.39 is 0 Å². The SMILES string of the molecule is COc1cc(OC)cc([C@@H]2CCN(Cc3ccccn3)C2)c1. The van der Waals surface area contributed by atoms with Gasteiger partial charge in [-0.05, 0) is 48.7 Å². The molecule has 0 aliphatic carbocycles. The van der Waals surface area contributed by atoms with Crippen molar-refractivity contribution in [2.24, 2.45) is 0 Å². The van der Waals surface area contributed by atoms with E-state index in [1.807, 2.05) is 24.4 Å². The van der Waals surface area contributed by atoms with Crippen LogP contribution in [0.4, 0.5) is 0 Å². The lowest BCUT2D eigenvalue weighted by Gasteiger charge is -2.16. The second kappa shape index (κ2) is 6.79. The predicted molar refractivity (Wildman–Crippen MR) is 86.4 cm³/mol. The van der Waals surface area contributed by atoms with E-state index in [1.165, 1.54) is 5.56 Å². The minimum atomic E-state index is 0.521. The Labute approximate surface area is 131 Å². The molecule has 0 N–H and O–H groups in total. The van der Waals surface area contributed by atoms with Gasteiger partial charge in [-0.25, -0.2) is 0 Å². The fourth-order valence-electron chi connectivity index (χ4n) is 3.03. The molecule has 4 heteroatoms. The second-order valence-corrected chi connectivity index (χ2v) is 5.69. The van der Waals surface area contributed by atoms with Gasteiger partial charge in [0.2, 0.25) is 0 Å². The highest BCUT2D eigenvalue weighted by molar-refractivity contribution is 5.40. The molecule has 1 aliphatic heterocycles. The van der Waals surface area contributed by atoms with E-state index in [0.29, 0.717) is 5.92 Å². The number of likely N-dealkylation sites (tertiary alicyclic amines) is 1. The van der Waals surface area contributed by atoms with E-state index in [2.05, 4.69) is 28.1 Å². The molecule has 4 nitrogen and oxygen atoms in total. The molecule has 116 valence electrons. The Kier molecular flexibility index (Phi) is 4.59. The summed E-state index contributed by atoms with van der Waals surface area (Å²) in [5.41, 5.74) is 2.42. The van der Waals surface area contributed by atoms with Gasteiger partial charge in [-0.3, -0.25) is 9.88 Å². The van der Waals surface area contributed by atoms with Gasteiger partial charge in [0.05, 0.1) is 19.9 Å². The number of methoxy groups -OCH3 is 2. The minimum Gasteiger partial charge on any atom is -0.497 e. The second-order valence-electron chi connectivity index (χ2n) is 5.69. The molecule has 2 aromatic rings. The number of hydrogen-bond donors (Lipinski definition) is 0. The summed E-state index contributed by atoms with van der Waals surface area (Å²) in [4.78, 5) is 6.87. The zero-order valence-electron chi connectivity index (χ0n) is 13.2. The van der Waals surface area contributed by atoms with Crippen molar-refractivity contribution >= 4 is 0 Å². The van der Waals surface area contributed by atoms with Gasteiger partial charge in [0.25, 0.3) is 0 Å². The van der Waals surface area contributed by atoms with Crippen molar-refractivity contribution in [2.45, 2.75) is 18.9 Å². The molecule has 1 aliphatic rings. The zero-order chi connectivity index (χ0) is 15.4. The van der Waals surface area contributed by atoms with Crippen molar-refractivity contribution < 1.29 is 9.47 Å². The Morgan fingerprint density at radius 1 is 1.14 bits per heavy atom. The number of ether oxygens (including phenoxy) is 2. The van der Waals surface area contributed by atoms with Gasteiger partial charge in [0.15, 0.2) is 0 Å². The maximum absolute atomic E-state index is 5.38. The van der Waals surface area contributed by atoms with Crippen molar-refractivity contribution in [3.05, 3.63) is 53.9 Å². The van der Waals surface area contributed by atoms with Gasteiger partial charge in [0, 0.05) is 25.4 Å². The van der Waals surface area contributed by atoms with Crippen LogP contribution >= 0.6 is 0 Å². The summed E-state index contributed by atoms with van der Waals surface area (Å²) in [6, 6.07) is 12.3. The highest BCUT2D eigenvalue weighted by atomic mass is 16.5. The van der Waals surface area contributed by atoms with Gasteiger partial charge < -0.3 is 9.47 Å². The van der Waals surface area contributed by atoms with E-state index in [0.717, 1.165) is 43.2 Å². The molecule has 0 amide bonds. The molecule has 0 spiro atoms. The van der Waals surface area contributed by atoms with E-state index in [1.54, 1.807) is 14.2 Å². The first-order chi connectivity index (χ1) is 10.8. The first kappa shape index (κ1) is 14.9. The van der Waals surface area contributed by atoms with Crippen molar-refractivity contribution in [3.63, 3.8) is 0 Å². The summed E-state index contributed by atoms with van der Waals surface area (Å²) < 4.78 is 10.8. The van der Waals surface area contributed by atoms with E-state index in [9.17, 15) is 0 Å². The lowest BCUT2D eigenvalue weighted by Crippen LogP contribution is -2.20. The van der Waals surface area contributed by atoms with Crippen LogP contribution in [0.1, 0.15) is 23.6 Å². The van der Waals surface area contributed by atoms with Crippen LogP contribution in [0.25, 0.3) is 0 Å². The van der Waals surface area contributed by atoms with Crippen LogP contribution in [0.2, 0.25) is 0 Å². The van der Waals surface area contributed by atoms with Gasteiger partial charge in [-0.1, -0.05) is 6.07 Å². The molecule has 1 saturated heterocycles. The molecule has 1 aromatic heterocycles. The summed E-state index contributed by atoms with van der Waals surface area (Å²) in [6.45, 7) is 3.06. The molecule has 1 atom stereocenters. The molecule has 0 bridgehead atoms. The zero-order valence-corrected chi connectivity index (χ0v) is 13.2. The van der Waals surface area contributed by atoms with Gasteiger partial charge in [-0.15, -0.1) is 0 Å². The molecular formula is C18H22N2O2. The maximum Gasteiger partial charge on any atom is 0.122 e. The van der Waals surface area contributed by atoms with Gasteiger partial charge in [0.1, 0.15) is 11.5 Å². The molecule has 1 fully saturated rings. The van der Waals surface area contributed by atoms with Crippen molar-refractivity contribution in [1.29, 1.82) is 0 Å². The first-order valence-corrected chi connectivity index (χ1v) is 7.63. The van der Waals surface area contributed by atoms with Crippen LogP contribution < -0.4 is 9.47 Å². The van der Waals surface area contributed by atoms with Crippen molar-refractivity contribution in [2.75, 3.05) is 27.3 Å². The van der Waals surface area contributed by atoms with Crippen LogP contribution in [-0.4, -0.2) is 37.2 Å². The summed E-state index contributed by atoms with van der Waals surface area (Å²) in [5.74, 6) is 2.24. The fraction of sp³-hybridized carbons (Fsp3) is 0.389. The highest BCUT2D eigenvalue weighted by Crippen LogP contribution is 2.33. The topological polar surface area (TPSA) is 34.6 Å². The van der Waals surface area contributed by atoms with Crippen LogP contribution in [0.3, 0.4) is 0 Å². The number of hydrogen-bond acceptors (Lipinski definition) is 4. The number of rotatable bonds is 5. The Morgan fingerprint density at radius 3 is 2.55 bits per heavy atom. The Bertz CT molecular complexity index is 593. The molecule has 22 heavy (non-hydrogen) atoms. The van der Waals surface area contributed by atoms with Crippen LogP contribution in [0.5, 0.6) is 11.5 Å². The Morgan fingerprint density at radius 2 is 1.91 bits per heavy atom. The molecule has 2 heterocycles. The highest BCUT2D eigenvalue weighted by Gasteiger charge is 2.25. The van der Waals surface area contributed by atoms with E-state index in [-0.39, 0.29) is 0 Å². The third-order valence-corrected chi connectivity index (χ3v) is 4.23. The molecule has 3 rings (SSSR count). The normalized spacial score (nSPS) is 18.4. The van der Waals surface area contributed by atoms with Crippen molar-refractivity contribution in [3.8, 4) is 11.5 Å². The monoisotopic (exact) mass is 298 g/mol. The standard InChI is InChI=1S/C18H22N2O2/c1-21-17-9-15(10-18(11-17)22-2)14-6-8-20(12-14)13-16-5-3-4-7-19-16/h3-5,7,9-11,14H,6,8,12-13H2,1-2H3/t14-/m1/s1. The third-order valence-electron chi connectivity index (χ3n) is 4.23. The number of pyridine rings is 1. The fourth-order valence-corrected chi connectivity index (χ4v) is 3.03. The van der Waals surface area contributed by atoms with Crippen LogP contribution in [-0.2, 0) is 6.54 Å². The molecule has 0 radical (unpaired) electrons. The summed E-state index contributed by atoms with van der Waals surface area (Å²) in [7, 11) is 3.39. The summed E-state index contributed by atoms with van der Waals surface area (Å²) in [6.07, 6.45) is 3.01. The first-order valence-electron chi connectivity index (χ1n) is 7.63. The molecular weight excluding hydrogens is 276 g/mol. The third kappa shape index (κ3) is 3.39. The van der Waals surface area contributed by atoms with Crippen LogP contribution in [0.15, 0.2) is 42.6 Å². The van der Waals surface area contributed by atoms with Crippen molar-refractivity contribution in [1.82, 2.24) is 9.88 Å². The number of aromatic nitrogens is 1. The van der Waals surface area contributed by atoms with Gasteiger partial charge in [-0.2, -0.15) is 0 Å². The van der Waals surface area contributed by atoms with Crippen LogP contribution in [0, 0.1) is 0 Å². The molecule has 1 aromatic carbocycles. The van der Waals surface area contributed by atoms with E-state index >= 15 is 0 Å². The molecule has 0 unspecified atom stereocenters. The van der Waals surface area contributed by atoms with Gasteiger partial charge >= 0.3 is 0 Å². The largest absolute Gasteiger partial charge is 0.497 e. The van der Waals surface area contributed by atoms with E-state index in [4.69, 9.17) is 9.47 Å². The predicted octanol–water partition coefficient (Wildman–Crippen LogP) is 3.09. The number of benzene rings is 1. The Balaban J connectivity index is 1.69. The average molecular weight is 298 g/mol. The maximum atomic E-state index is 5.38. The smallest absolute Gasteiger partial charge is 0.122 e. The minimum absolute atomic E-state index is 0.521. The summed E-state index contributed by atoms with van der Waals surface area (Å²) >= 11 is 0. The quantitative estimate of drug-likeness (QED) is 0.849. The Hall–Kier alpha value is -2.07.